The summed E-state index contributed by atoms with van der Waals surface area (Å²) < 4.78 is 16.3. The van der Waals surface area contributed by atoms with Gasteiger partial charge in [0.1, 0.15) is 5.82 Å². The molecule has 1 fully saturated rings. The van der Waals surface area contributed by atoms with Gasteiger partial charge in [-0.25, -0.2) is 4.39 Å². The molecule has 0 N–H and O–H groups in total. The molecule has 1 aromatic heterocycles. The molecule has 3 aromatic carbocycles. The van der Waals surface area contributed by atoms with E-state index in [0.717, 1.165) is 35.4 Å². The van der Waals surface area contributed by atoms with Crippen LogP contribution in [0.2, 0.25) is 5.02 Å². The SMILES string of the molecule is O=C(c1c(F)cccc1Cl)N1CCC(n2nc(-c3ccccc3)cc2-c2ccccc2)CC1. The van der Waals surface area contributed by atoms with Crippen LogP contribution in [0.1, 0.15) is 29.2 Å². The highest BCUT2D eigenvalue weighted by Crippen LogP contribution is 2.33. The second-order valence-electron chi connectivity index (χ2n) is 8.21. The number of likely N-dealkylation sites (tertiary alicyclic amines) is 1. The Morgan fingerprint density at radius 1 is 0.879 bits per heavy atom. The number of halogens is 2. The number of aromatic nitrogens is 2. The first-order valence-corrected chi connectivity index (χ1v) is 11.4. The molecule has 4 nitrogen and oxygen atoms in total. The maximum absolute atomic E-state index is 14.3. The lowest BCUT2D eigenvalue weighted by Gasteiger charge is -2.33. The van der Waals surface area contributed by atoms with E-state index in [9.17, 15) is 9.18 Å². The Kier molecular flexibility index (Phi) is 5.97. The van der Waals surface area contributed by atoms with Gasteiger partial charge in [-0.2, -0.15) is 5.10 Å². The summed E-state index contributed by atoms with van der Waals surface area (Å²) in [7, 11) is 0. The van der Waals surface area contributed by atoms with E-state index in [0.29, 0.717) is 13.1 Å². The van der Waals surface area contributed by atoms with Crippen LogP contribution in [0, 0.1) is 5.82 Å². The van der Waals surface area contributed by atoms with Gasteiger partial charge in [-0.15, -0.1) is 0 Å². The predicted molar refractivity (Wildman–Crippen MR) is 129 cm³/mol. The van der Waals surface area contributed by atoms with Crippen LogP contribution in [-0.2, 0) is 0 Å². The number of amides is 1. The van der Waals surface area contributed by atoms with E-state index in [1.165, 1.54) is 12.1 Å². The zero-order valence-electron chi connectivity index (χ0n) is 18.0. The van der Waals surface area contributed by atoms with E-state index in [-0.39, 0.29) is 22.5 Å². The van der Waals surface area contributed by atoms with Crippen molar-refractivity contribution in [2.24, 2.45) is 0 Å². The van der Waals surface area contributed by atoms with Gasteiger partial charge in [-0.3, -0.25) is 9.48 Å². The molecule has 0 unspecified atom stereocenters. The predicted octanol–water partition coefficient (Wildman–Crippen LogP) is 6.49. The molecule has 2 heterocycles. The van der Waals surface area contributed by atoms with Gasteiger partial charge in [0.2, 0.25) is 0 Å². The molecule has 166 valence electrons. The first kappa shape index (κ1) is 21.4. The van der Waals surface area contributed by atoms with Crippen LogP contribution in [0.25, 0.3) is 22.5 Å². The summed E-state index contributed by atoms with van der Waals surface area (Å²) in [5, 5.41) is 5.12. The molecule has 0 aliphatic carbocycles. The molecular weight excluding hydrogens is 437 g/mol. The van der Waals surface area contributed by atoms with Crippen LogP contribution in [0.4, 0.5) is 4.39 Å². The Morgan fingerprint density at radius 2 is 1.52 bits per heavy atom. The van der Waals surface area contributed by atoms with E-state index >= 15 is 0 Å². The number of rotatable bonds is 4. The summed E-state index contributed by atoms with van der Waals surface area (Å²) in [5.41, 5.74) is 4.09. The van der Waals surface area contributed by atoms with Crippen LogP contribution >= 0.6 is 11.6 Å². The molecular formula is C27H23ClFN3O. The molecule has 5 rings (SSSR count). The van der Waals surface area contributed by atoms with Gasteiger partial charge in [0.05, 0.1) is 28.0 Å². The Morgan fingerprint density at radius 3 is 2.15 bits per heavy atom. The van der Waals surface area contributed by atoms with E-state index in [2.05, 4.69) is 35.0 Å². The summed E-state index contributed by atoms with van der Waals surface area (Å²) in [6.07, 6.45) is 1.46. The van der Waals surface area contributed by atoms with Crippen LogP contribution < -0.4 is 0 Å². The van der Waals surface area contributed by atoms with E-state index in [4.69, 9.17) is 16.7 Å². The Balaban J connectivity index is 1.41. The molecule has 4 aromatic rings. The smallest absolute Gasteiger partial charge is 0.258 e. The van der Waals surface area contributed by atoms with Crippen molar-refractivity contribution in [2.45, 2.75) is 18.9 Å². The average molecular weight is 460 g/mol. The fourth-order valence-corrected chi connectivity index (χ4v) is 4.66. The molecule has 1 saturated heterocycles. The minimum Gasteiger partial charge on any atom is -0.338 e. The molecule has 0 spiro atoms. The number of carbonyl (C=O) groups is 1. The minimum absolute atomic E-state index is 0.0481. The molecule has 0 saturated carbocycles. The molecule has 0 atom stereocenters. The summed E-state index contributed by atoms with van der Waals surface area (Å²) in [6.45, 7) is 1.03. The molecule has 1 aliphatic heterocycles. The number of carbonyl (C=O) groups excluding carboxylic acids is 1. The Bertz CT molecular complexity index is 1250. The highest BCUT2D eigenvalue weighted by molar-refractivity contribution is 6.33. The van der Waals surface area contributed by atoms with Crippen LogP contribution in [0.3, 0.4) is 0 Å². The number of hydrogen-bond donors (Lipinski definition) is 0. The normalized spacial score (nSPS) is 14.4. The molecule has 33 heavy (non-hydrogen) atoms. The van der Waals surface area contributed by atoms with Gasteiger partial charge in [0.15, 0.2) is 0 Å². The Hall–Kier alpha value is -3.44. The van der Waals surface area contributed by atoms with Crippen molar-refractivity contribution in [1.29, 1.82) is 0 Å². The van der Waals surface area contributed by atoms with Crippen LogP contribution in [0.15, 0.2) is 84.9 Å². The standard InChI is InChI=1S/C27H23ClFN3O/c28-22-12-7-13-23(29)26(22)27(33)31-16-14-21(15-17-31)32-25(20-10-5-2-6-11-20)18-24(30-32)19-8-3-1-4-9-19/h1-13,18,21H,14-17H2. The fourth-order valence-electron chi connectivity index (χ4n) is 4.42. The van der Waals surface area contributed by atoms with Crippen LogP contribution in [-0.4, -0.2) is 33.7 Å². The zero-order chi connectivity index (χ0) is 22.8. The quantitative estimate of drug-likeness (QED) is 0.350. The first-order chi connectivity index (χ1) is 16.1. The second-order valence-corrected chi connectivity index (χ2v) is 8.62. The third kappa shape index (κ3) is 4.29. The molecule has 0 bridgehead atoms. The molecule has 6 heteroatoms. The fraction of sp³-hybridized carbons (Fsp3) is 0.185. The summed E-state index contributed by atoms with van der Waals surface area (Å²) in [4.78, 5) is 14.6. The third-order valence-corrected chi connectivity index (χ3v) is 6.46. The number of benzene rings is 3. The van der Waals surface area contributed by atoms with Gasteiger partial charge in [-0.05, 0) is 36.6 Å². The van der Waals surface area contributed by atoms with Crippen molar-refractivity contribution in [2.75, 3.05) is 13.1 Å². The summed E-state index contributed by atoms with van der Waals surface area (Å²) in [5.74, 6) is -0.939. The van der Waals surface area contributed by atoms with Crippen molar-refractivity contribution in [3.8, 4) is 22.5 Å². The topological polar surface area (TPSA) is 38.1 Å². The third-order valence-electron chi connectivity index (χ3n) is 6.15. The average Bonchev–Trinajstić information content (AvgIpc) is 3.31. The lowest BCUT2D eigenvalue weighted by Crippen LogP contribution is -2.39. The molecule has 1 amide bonds. The van der Waals surface area contributed by atoms with E-state index in [1.54, 1.807) is 11.0 Å². The maximum Gasteiger partial charge on any atom is 0.258 e. The zero-order valence-corrected chi connectivity index (χ0v) is 18.8. The van der Waals surface area contributed by atoms with Crippen LogP contribution in [0.5, 0.6) is 0 Å². The lowest BCUT2D eigenvalue weighted by atomic mass is 10.0. The molecule has 0 radical (unpaired) electrons. The summed E-state index contributed by atoms with van der Waals surface area (Å²) in [6, 6.07) is 26.9. The number of hydrogen-bond acceptors (Lipinski definition) is 2. The van der Waals surface area contributed by atoms with E-state index in [1.807, 2.05) is 36.4 Å². The number of nitrogens with zero attached hydrogens (tertiary/aromatic N) is 3. The van der Waals surface area contributed by atoms with Crippen molar-refractivity contribution < 1.29 is 9.18 Å². The monoisotopic (exact) mass is 459 g/mol. The summed E-state index contributed by atoms with van der Waals surface area (Å²) >= 11 is 6.12. The van der Waals surface area contributed by atoms with Crippen molar-refractivity contribution in [3.05, 3.63) is 101 Å². The second kappa shape index (κ2) is 9.20. The van der Waals surface area contributed by atoms with Gasteiger partial charge in [0, 0.05) is 18.7 Å². The van der Waals surface area contributed by atoms with Gasteiger partial charge in [-0.1, -0.05) is 78.3 Å². The highest BCUT2D eigenvalue weighted by atomic mass is 35.5. The van der Waals surface area contributed by atoms with Gasteiger partial charge >= 0.3 is 0 Å². The Labute approximate surface area is 197 Å². The first-order valence-electron chi connectivity index (χ1n) is 11.1. The maximum atomic E-state index is 14.3. The van der Waals surface area contributed by atoms with Crippen molar-refractivity contribution >= 4 is 17.5 Å². The van der Waals surface area contributed by atoms with Gasteiger partial charge in [0.25, 0.3) is 5.91 Å². The lowest BCUT2D eigenvalue weighted by molar-refractivity contribution is 0.0686. The molecule has 1 aliphatic rings. The van der Waals surface area contributed by atoms with Crippen molar-refractivity contribution in [1.82, 2.24) is 14.7 Å². The van der Waals surface area contributed by atoms with Gasteiger partial charge < -0.3 is 4.90 Å². The van der Waals surface area contributed by atoms with Crippen molar-refractivity contribution in [3.63, 3.8) is 0 Å². The largest absolute Gasteiger partial charge is 0.338 e. The van der Waals surface area contributed by atoms with E-state index < -0.39 is 5.82 Å². The highest BCUT2D eigenvalue weighted by Gasteiger charge is 2.29. The minimum atomic E-state index is -0.583. The number of piperidine rings is 1.